The highest BCUT2D eigenvalue weighted by atomic mass is 127. The molecule has 138 valence electrons. The smallest absolute Gasteiger partial charge is 0.191 e. The van der Waals surface area contributed by atoms with Gasteiger partial charge in [0.25, 0.3) is 0 Å². The van der Waals surface area contributed by atoms with Gasteiger partial charge < -0.3 is 10.6 Å². The van der Waals surface area contributed by atoms with Crippen molar-refractivity contribution in [3.8, 4) is 0 Å². The van der Waals surface area contributed by atoms with E-state index in [2.05, 4.69) is 65.0 Å². The molecule has 0 radical (unpaired) electrons. The minimum Gasteiger partial charge on any atom is -0.356 e. The van der Waals surface area contributed by atoms with Crippen molar-refractivity contribution in [2.75, 3.05) is 13.6 Å². The Balaban J connectivity index is 0.00000312. The molecule has 6 heteroatoms. The Morgan fingerprint density at radius 1 is 1.12 bits per heavy atom. The van der Waals surface area contributed by atoms with Crippen LogP contribution >= 0.6 is 24.0 Å². The molecular weight excluding hydrogens is 425 g/mol. The quantitative estimate of drug-likeness (QED) is 0.363. The number of nitrogens with zero attached hydrogens (tertiary/aromatic N) is 3. The second kappa shape index (κ2) is 11.9. The summed E-state index contributed by atoms with van der Waals surface area (Å²) >= 11 is 0. The Morgan fingerprint density at radius 3 is 2.48 bits per heavy atom. The van der Waals surface area contributed by atoms with Gasteiger partial charge in [-0.1, -0.05) is 57.0 Å². The van der Waals surface area contributed by atoms with Crippen molar-refractivity contribution in [3.63, 3.8) is 0 Å². The van der Waals surface area contributed by atoms with Gasteiger partial charge in [-0.05, 0) is 11.5 Å². The van der Waals surface area contributed by atoms with Crippen molar-refractivity contribution in [1.82, 2.24) is 20.4 Å². The molecule has 0 fully saturated rings. The van der Waals surface area contributed by atoms with Crippen LogP contribution in [0.3, 0.4) is 0 Å². The third-order valence-electron chi connectivity index (χ3n) is 4.27. The molecule has 0 aliphatic heterocycles. The van der Waals surface area contributed by atoms with Gasteiger partial charge in [-0.25, -0.2) is 0 Å². The zero-order valence-electron chi connectivity index (χ0n) is 15.4. The largest absolute Gasteiger partial charge is 0.356 e. The molecule has 0 spiro atoms. The number of hydrogen-bond acceptors (Lipinski definition) is 2. The first kappa shape index (κ1) is 21.5. The van der Waals surface area contributed by atoms with Gasteiger partial charge >= 0.3 is 0 Å². The summed E-state index contributed by atoms with van der Waals surface area (Å²) in [5.41, 5.74) is 2.40. The number of halogens is 1. The lowest BCUT2D eigenvalue weighted by Gasteiger charge is -2.16. The zero-order valence-corrected chi connectivity index (χ0v) is 17.7. The molecule has 0 unspecified atom stereocenters. The van der Waals surface area contributed by atoms with Crippen LogP contribution in [0.15, 0.2) is 47.7 Å². The average Bonchev–Trinajstić information content (AvgIpc) is 3.06. The van der Waals surface area contributed by atoms with Crippen molar-refractivity contribution < 1.29 is 0 Å². The normalized spacial score (nSPS) is 11.3. The molecule has 1 aromatic carbocycles. The lowest BCUT2D eigenvalue weighted by molar-refractivity contribution is 0.481. The molecule has 0 saturated carbocycles. The summed E-state index contributed by atoms with van der Waals surface area (Å²) in [6, 6.07) is 10.4. The van der Waals surface area contributed by atoms with E-state index in [4.69, 9.17) is 0 Å². The maximum atomic E-state index is 4.43. The van der Waals surface area contributed by atoms with Gasteiger partial charge in [0.1, 0.15) is 0 Å². The van der Waals surface area contributed by atoms with E-state index in [0.29, 0.717) is 5.92 Å². The first-order valence-electron chi connectivity index (χ1n) is 8.74. The van der Waals surface area contributed by atoms with Crippen LogP contribution in [0.1, 0.15) is 37.8 Å². The third kappa shape index (κ3) is 7.46. The van der Waals surface area contributed by atoms with Crippen molar-refractivity contribution in [1.29, 1.82) is 0 Å². The molecule has 2 N–H and O–H groups in total. The van der Waals surface area contributed by atoms with Gasteiger partial charge in [0, 0.05) is 31.9 Å². The van der Waals surface area contributed by atoms with Crippen molar-refractivity contribution in [2.45, 2.75) is 39.8 Å². The predicted molar refractivity (Wildman–Crippen MR) is 115 cm³/mol. The van der Waals surface area contributed by atoms with Crippen molar-refractivity contribution in [2.24, 2.45) is 10.9 Å². The molecule has 2 aromatic rings. The van der Waals surface area contributed by atoms with Gasteiger partial charge in [0.15, 0.2) is 5.96 Å². The predicted octanol–water partition coefficient (Wildman–Crippen LogP) is 3.65. The molecule has 2 rings (SSSR count). The van der Waals surface area contributed by atoms with E-state index in [-0.39, 0.29) is 24.0 Å². The molecule has 0 aliphatic rings. The fourth-order valence-corrected chi connectivity index (χ4v) is 2.58. The fraction of sp³-hybridized carbons (Fsp3) is 0.474. The summed E-state index contributed by atoms with van der Waals surface area (Å²) < 4.78 is 1.97. The van der Waals surface area contributed by atoms with E-state index in [1.807, 2.05) is 16.9 Å². The molecule has 5 nitrogen and oxygen atoms in total. The Morgan fingerprint density at radius 2 is 1.84 bits per heavy atom. The van der Waals surface area contributed by atoms with Crippen molar-refractivity contribution >= 4 is 29.9 Å². The van der Waals surface area contributed by atoms with E-state index in [0.717, 1.165) is 31.2 Å². The molecule has 0 bridgehead atoms. The molecule has 0 saturated heterocycles. The number of benzene rings is 1. The summed E-state index contributed by atoms with van der Waals surface area (Å²) in [6.07, 6.45) is 6.36. The summed E-state index contributed by atoms with van der Waals surface area (Å²) in [5.74, 6) is 1.54. The SMILES string of the molecule is CCC(CC)CNC(=NC)NCc1cnn(Cc2ccccc2)c1.I. The van der Waals surface area contributed by atoms with E-state index in [1.165, 1.54) is 18.4 Å². The second-order valence-corrected chi connectivity index (χ2v) is 6.02. The van der Waals surface area contributed by atoms with Crippen LogP contribution in [0, 0.1) is 5.92 Å². The van der Waals surface area contributed by atoms with E-state index in [1.54, 1.807) is 7.05 Å². The Labute approximate surface area is 168 Å². The van der Waals surface area contributed by atoms with Gasteiger partial charge in [0.05, 0.1) is 12.7 Å². The fourth-order valence-electron chi connectivity index (χ4n) is 2.58. The Bertz CT molecular complexity index is 620. The number of guanidine groups is 1. The molecule has 1 aromatic heterocycles. The third-order valence-corrected chi connectivity index (χ3v) is 4.27. The lowest BCUT2D eigenvalue weighted by Crippen LogP contribution is -2.39. The highest BCUT2D eigenvalue weighted by Gasteiger charge is 2.05. The summed E-state index contributed by atoms with van der Waals surface area (Å²) in [5, 5.41) is 11.2. The Hall–Kier alpha value is -1.57. The van der Waals surface area contributed by atoms with Gasteiger partial charge in [-0.2, -0.15) is 5.10 Å². The first-order valence-corrected chi connectivity index (χ1v) is 8.74. The molecule has 25 heavy (non-hydrogen) atoms. The number of hydrogen-bond donors (Lipinski definition) is 2. The van der Waals surface area contributed by atoms with Crippen LogP contribution in [0.25, 0.3) is 0 Å². The van der Waals surface area contributed by atoms with E-state index in [9.17, 15) is 0 Å². The van der Waals surface area contributed by atoms with Crippen LogP contribution in [-0.2, 0) is 13.1 Å². The standard InChI is InChI=1S/C19H29N5.HI/c1-4-16(5-2)11-21-19(20-3)22-12-18-13-23-24(15-18)14-17-9-7-6-8-10-17;/h6-10,13,15-16H,4-5,11-12,14H2,1-3H3,(H2,20,21,22);1H. The van der Waals surface area contributed by atoms with E-state index < -0.39 is 0 Å². The molecule has 0 atom stereocenters. The summed E-state index contributed by atoms with van der Waals surface area (Å²) in [6.45, 7) is 6.93. The average molecular weight is 455 g/mol. The van der Waals surface area contributed by atoms with Crippen LogP contribution in [0.5, 0.6) is 0 Å². The van der Waals surface area contributed by atoms with Crippen LogP contribution in [0.2, 0.25) is 0 Å². The topological polar surface area (TPSA) is 54.2 Å². The second-order valence-electron chi connectivity index (χ2n) is 6.02. The minimum atomic E-state index is 0. The van der Waals surface area contributed by atoms with Crippen LogP contribution < -0.4 is 10.6 Å². The molecule has 0 aliphatic carbocycles. The first-order chi connectivity index (χ1) is 11.7. The summed E-state index contributed by atoms with van der Waals surface area (Å²) in [7, 11) is 1.81. The number of aliphatic imine (C=N–C) groups is 1. The highest BCUT2D eigenvalue weighted by molar-refractivity contribution is 14.0. The van der Waals surface area contributed by atoms with Crippen LogP contribution in [0.4, 0.5) is 0 Å². The number of nitrogens with one attached hydrogen (secondary N) is 2. The zero-order chi connectivity index (χ0) is 17.2. The van der Waals surface area contributed by atoms with Crippen LogP contribution in [-0.4, -0.2) is 29.3 Å². The maximum Gasteiger partial charge on any atom is 0.191 e. The molecule has 0 amide bonds. The number of rotatable bonds is 8. The number of aromatic nitrogens is 2. The van der Waals surface area contributed by atoms with E-state index >= 15 is 0 Å². The maximum absolute atomic E-state index is 4.43. The summed E-state index contributed by atoms with van der Waals surface area (Å²) in [4.78, 5) is 4.29. The minimum absolute atomic E-state index is 0. The highest BCUT2D eigenvalue weighted by Crippen LogP contribution is 2.05. The van der Waals surface area contributed by atoms with Gasteiger partial charge in [-0.3, -0.25) is 9.67 Å². The van der Waals surface area contributed by atoms with Gasteiger partial charge in [-0.15, -0.1) is 24.0 Å². The van der Waals surface area contributed by atoms with Crippen molar-refractivity contribution in [3.05, 3.63) is 53.9 Å². The molecule has 1 heterocycles. The van der Waals surface area contributed by atoms with Gasteiger partial charge in [0.2, 0.25) is 0 Å². The lowest BCUT2D eigenvalue weighted by atomic mass is 10.0. The molecular formula is C19H30IN5. The monoisotopic (exact) mass is 455 g/mol. The Kier molecular flexibility index (Phi) is 10.2.